The molecule has 6 heteroatoms. The van der Waals surface area contributed by atoms with Gasteiger partial charge in [0.15, 0.2) is 5.78 Å². The van der Waals surface area contributed by atoms with Crippen LogP contribution in [0.5, 0.6) is 0 Å². The van der Waals surface area contributed by atoms with Crippen LogP contribution in [0.3, 0.4) is 0 Å². The molecule has 0 spiro atoms. The Bertz CT molecular complexity index is 1100. The number of aromatic nitrogens is 1. The van der Waals surface area contributed by atoms with Gasteiger partial charge in [0, 0.05) is 42.8 Å². The number of halogens is 1. The summed E-state index contributed by atoms with van der Waals surface area (Å²) in [4.78, 5) is 20.0. The molecule has 1 aromatic heterocycles. The van der Waals surface area contributed by atoms with Gasteiger partial charge in [-0.1, -0.05) is 18.2 Å². The van der Waals surface area contributed by atoms with E-state index in [2.05, 4.69) is 16.0 Å². The minimum absolute atomic E-state index is 0.145. The first-order valence-electron chi connectivity index (χ1n) is 9.17. The second-order valence-electron chi connectivity index (χ2n) is 6.85. The molecule has 1 fully saturated rings. The number of fused-ring (bicyclic) bond motifs is 1. The highest BCUT2D eigenvalue weighted by Crippen LogP contribution is 2.29. The van der Waals surface area contributed by atoms with E-state index in [4.69, 9.17) is 0 Å². The summed E-state index contributed by atoms with van der Waals surface area (Å²) >= 11 is 0. The standard InChI is InChI=1S/C22H19FN4O/c1-15(28)16-6-7-21(19(23)12-16)26-8-10-27(11-9-26)22-13-17(14-24)25-20-5-3-2-4-18(20)22/h2-7,12-13H,8-11H2,1H3. The van der Waals surface area contributed by atoms with E-state index in [0.29, 0.717) is 43.1 Å². The molecule has 0 N–H and O–H groups in total. The second kappa shape index (κ2) is 7.28. The lowest BCUT2D eigenvalue weighted by Gasteiger charge is -2.38. The number of pyridine rings is 1. The fourth-order valence-electron chi connectivity index (χ4n) is 3.65. The Balaban J connectivity index is 1.58. The molecule has 2 heterocycles. The number of ketones is 1. The van der Waals surface area contributed by atoms with Crippen LogP contribution < -0.4 is 9.80 Å². The Kier molecular flexibility index (Phi) is 4.66. The SMILES string of the molecule is CC(=O)c1ccc(N2CCN(c3cc(C#N)nc4ccccc34)CC2)c(F)c1. The molecule has 2 aromatic carbocycles. The van der Waals surface area contributed by atoms with Crippen LogP contribution in [0.15, 0.2) is 48.5 Å². The average Bonchev–Trinajstić information content (AvgIpc) is 2.73. The van der Waals surface area contributed by atoms with E-state index in [1.54, 1.807) is 12.1 Å². The predicted octanol–water partition coefficient (Wildman–Crippen LogP) is 3.77. The molecule has 140 valence electrons. The van der Waals surface area contributed by atoms with Crippen LogP contribution in [0.4, 0.5) is 15.8 Å². The fraction of sp³-hybridized carbons (Fsp3) is 0.227. The summed E-state index contributed by atoms with van der Waals surface area (Å²) in [6.45, 7) is 4.13. The summed E-state index contributed by atoms with van der Waals surface area (Å²) in [7, 11) is 0. The van der Waals surface area contributed by atoms with Crippen LogP contribution in [0.25, 0.3) is 10.9 Å². The molecule has 28 heavy (non-hydrogen) atoms. The third-order valence-electron chi connectivity index (χ3n) is 5.12. The number of benzene rings is 2. The Morgan fingerprint density at radius 2 is 1.71 bits per heavy atom. The van der Waals surface area contributed by atoms with E-state index >= 15 is 0 Å². The van der Waals surface area contributed by atoms with E-state index in [1.807, 2.05) is 35.2 Å². The molecule has 0 radical (unpaired) electrons. The van der Waals surface area contributed by atoms with Crippen LogP contribution >= 0.6 is 0 Å². The van der Waals surface area contributed by atoms with Crippen LogP contribution in [-0.2, 0) is 0 Å². The number of nitriles is 1. The molecular weight excluding hydrogens is 355 g/mol. The van der Waals surface area contributed by atoms with Gasteiger partial charge in [0.2, 0.25) is 0 Å². The quantitative estimate of drug-likeness (QED) is 0.653. The second-order valence-corrected chi connectivity index (χ2v) is 6.85. The molecule has 5 nitrogen and oxygen atoms in total. The molecule has 0 unspecified atom stereocenters. The van der Waals surface area contributed by atoms with Crippen LogP contribution in [0.2, 0.25) is 0 Å². The van der Waals surface area contributed by atoms with E-state index < -0.39 is 0 Å². The van der Waals surface area contributed by atoms with Crippen LogP contribution in [-0.4, -0.2) is 36.9 Å². The minimum Gasteiger partial charge on any atom is -0.367 e. The number of Topliss-reactive ketones (excluding diaryl/α,β-unsaturated/α-hetero) is 1. The molecule has 1 aliphatic heterocycles. The Morgan fingerprint density at radius 3 is 2.36 bits per heavy atom. The van der Waals surface area contributed by atoms with Crippen LogP contribution in [0.1, 0.15) is 23.0 Å². The van der Waals surface area contributed by atoms with Gasteiger partial charge in [-0.05, 0) is 37.3 Å². The van der Waals surface area contributed by atoms with Crippen molar-refractivity contribution in [3.8, 4) is 6.07 Å². The predicted molar refractivity (Wildman–Crippen MR) is 107 cm³/mol. The lowest BCUT2D eigenvalue weighted by Crippen LogP contribution is -2.47. The van der Waals surface area contributed by atoms with Gasteiger partial charge in [-0.15, -0.1) is 0 Å². The molecule has 0 amide bonds. The van der Waals surface area contributed by atoms with Gasteiger partial charge in [-0.25, -0.2) is 9.37 Å². The maximum atomic E-state index is 14.5. The van der Waals surface area contributed by atoms with Gasteiger partial charge in [-0.2, -0.15) is 5.26 Å². The highest BCUT2D eigenvalue weighted by atomic mass is 19.1. The van der Waals surface area contributed by atoms with Crippen molar-refractivity contribution >= 4 is 28.1 Å². The number of carbonyl (C=O) groups excluding carboxylic acids is 1. The molecule has 0 aliphatic carbocycles. The van der Waals surface area contributed by atoms with E-state index in [-0.39, 0.29) is 11.6 Å². The first-order chi connectivity index (χ1) is 13.6. The molecule has 0 saturated carbocycles. The van der Waals surface area contributed by atoms with Gasteiger partial charge >= 0.3 is 0 Å². The number of anilines is 2. The topological polar surface area (TPSA) is 60.2 Å². The maximum Gasteiger partial charge on any atom is 0.159 e. The highest BCUT2D eigenvalue weighted by molar-refractivity contribution is 5.94. The minimum atomic E-state index is -0.373. The number of rotatable bonds is 3. The Morgan fingerprint density at radius 1 is 1.04 bits per heavy atom. The maximum absolute atomic E-state index is 14.5. The average molecular weight is 374 g/mol. The number of piperazine rings is 1. The van der Waals surface area contributed by atoms with Crippen molar-refractivity contribution in [2.24, 2.45) is 0 Å². The summed E-state index contributed by atoms with van der Waals surface area (Å²) in [5.41, 5.74) is 3.06. The number of nitrogens with zero attached hydrogens (tertiary/aromatic N) is 4. The molecule has 0 bridgehead atoms. The van der Waals surface area contributed by atoms with Crippen molar-refractivity contribution in [3.63, 3.8) is 0 Å². The molecular formula is C22H19FN4O. The molecule has 1 aliphatic rings. The number of para-hydroxylation sites is 1. The summed E-state index contributed by atoms with van der Waals surface area (Å²) in [5.74, 6) is -0.518. The number of carbonyl (C=O) groups is 1. The van der Waals surface area contributed by atoms with E-state index in [9.17, 15) is 14.4 Å². The lowest BCUT2D eigenvalue weighted by molar-refractivity contribution is 0.101. The zero-order valence-corrected chi connectivity index (χ0v) is 15.5. The van der Waals surface area contributed by atoms with Crippen molar-refractivity contribution in [2.75, 3.05) is 36.0 Å². The summed E-state index contributed by atoms with van der Waals surface area (Å²) in [6.07, 6.45) is 0. The first-order valence-corrected chi connectivity index (χ1v) is 9.17. The number of hydrogen-bond acceptors (Lipinski definition) is 5. The molecule has 1 saturated heterocycles. The smallest absolute Gasteiger partial charge is 0.159 e. The lowest BCUT2D eigenvalue weighted by atomic mass is 10.1. The van der Waals surface area contributed by atoms with Gasteiger partial charge in [0.25, 0.3) is 0 Å². The Labute approximate surface area is 162 Å². The van der Waals surface area contributed by atoms with Crippen molar-refractivity contribution in [3.05, 3.63) is 65.6 Å². The normalized spacial score (nSPS) is 14.2. The summed E-state index contributed by atoms with van der Waals surface area (Å²) in [6, 6.07) is 16.4. The van der Waals surface area contributed by atoms with Crippen molar-refractivity contribution in [1.82, 2.24) is 4.98 Å². The van der Waals surface area contributed by atoms with E-state index in [1.165, 1.54) is 13.0 Å². The van der Waals surface area contributed by atoms with Crippen molar-refractivity contribution in [1.29, 1.82) is 5.26 Å². The summed E-state index contributed by atoms with van der Waals surface area (Å²) < 4.78 is 14.5. The highest BCUT2D eigenvalue weighted by Gasteiger charge is 2.22. The number of hydrogen-bond donors (Lipinski definition) is 0. The zero-order chi connectivity index (χ0) is 19.7. The van der Waals surface area contributed by atoms with Gasteiger partial charge in [-0.3, -0.25) is 4.79 Å². The van der Waals surface area contributed by atoms with Gasteiger partial charge in [0.1, 0.15) is 17.6 Å². The molecule has 4 rings (SSSR count). The van der Waals surface area contributed by atoms with Crippen molar-refractivity contribution < 1.29 is 9.18 Å². The Hall–Kier alpha value is -3.46. The van der Waals surface area contributed by atoms with Gasteiger partial charge < -0.3 is 9.80 Å². The largest absolute Gasteiger partial charge is 0.367 e. The fourth-order valence-corrected chi connectivity index (χ4v) is 3.65. The third kappa shape index (κ3) is 3.27. The zero-order valence-electron chi connectivity index (χ0n) is 15.5. The first kappa shape index (κ1) is 17.9. The van der Waals surface area contributed by atoms with E-state index in [0.717, 1.165) is 16.6 Å². The molecule has 0 atom stereocenters. The third-order valence-corrected chi connectivity index (χ3v) is 5.12. The summed E-state index contributed by atoms with van der Waals surface area (Å²) in [5, 5.41) is 10.3. The van der Waals surface area contributed by atoms with Gasteiger partial charge in [0.05, 0.1) is 11.2 Å². The molecule has 3 aromatic rings. The monoisotopic (exact) mass is 374 g/mol. The van der Waals surface area contributed by atoms with Crippen LogP contribution in [0, 0.1) is 17.1 Å². The van der Waals surface area contributed by atoms with Crippen molar-refractivity contribution in [2.45, 2.75) is 6.92 Å².